The van der Waals surface area contributed by atoms with Gasteiger partial charge in [-0.15, -0.1) is 0 Å². The maximum atomic E-state index is 9.80. The quantitative estimate of drug-likeness (QED) is 0.379. The van der Waals surface area contributed by atoms with Crippen LogP contribution in [-0.2, 0) is 4.79 Å². The first-order valence-corrected chi connectivity index (χ1v) is 8.74. The number of rotatable bonds is 7. The van der Waals surface area contributed by atoms with E-state index in [-0.39, 0.29) is 37.0 Å². The van der Waals surface area contributed by atoms with Gasteiger partial charge >= 0.3 is 31.1 Å². The minimum absolute atomic E-state index is 0. The van der Waals surface area contributed by atoms with Crippen LogP contribution in [0, 0.1) is 54.6 Å². The number of anilines is 1. The average molecular weight is 558 g/mol. The Balaban J connectivity index is 0.000000403. The molecule has 1 atom stereocenters. The smallest absolute Gasteiger partial charge is 0.542 e. The van der Waals surface area contributed by atoms with Crippen molar-refractivity contribution in [1.82, 2.24) is 8.75 Å². The Morgan fingerprint density at radius 3 is 2.65 bits per heavy atom. The molecule has 1 unspecified atom stereocenters. The summed E-state index contributed by atoms with van der Waals surface area (Å²) in [6.07, 6.45) is 12.9. The van der Waals surface area contributed by atoms with Crippen molar-refractivity contribution in [2.45, 2.75) is 58.3 Å². The number of hydrogen-bond acceptors (Lipinski definition) is 6. The van der Waals surface area contributed by atoms with E-state index in [1.54, 1.807) is 0 Å². The summed E-state index contributed by atoms with van der Waals surface area (Å²) < 4.78 is 8.00. The van der Waals surface area contributed by atoms with Crippen molar-refractivity contribution >= 4 is 23.8 Å². The Morgan fingerprint density at radius 2 is 2.13 bits per heavy atom. The summed E-state index contributed by atoms with van der Waals surface area (Å²) in [5.41, 5.74) is 0. The SMILES string of the molecule is CCC(C#N)CCCC[C-]=O.[U+2].[c-]1nsnc1N1CCCCC1. The third-order valence-corrected chi connectivity index (χ3v) is 4.15. The van der Waals surface area contributed by atoms with Gasteiger partial charge in [-0.25, -0.2) is 0 Å². The minimum atomic E-state index is 0. The molecule has 2 heterocycles. The second-order valence-corrected chi connectivity index (χ2v) is 5.90. The van der Waals surface area contributed by atoms with E-state index < -0.39 is 0 Å². The van der Waals surface area contributed by atoms with Gasteiger partial charge in [0.05, 0.1) is 6.07 Å². The van der Waals surface area contributed by atoms with Crippen molar-refractivity contribution in [3.8, 4) is 6.07 Å². The van der Waals surface area contributed by atoms with Crippen LogP contribution in [0.25, 0.3) is 0 Å². The van der Waals surface area contributed by atoms with Gasteiger partial charge in [0.15, 0.2) is 0 Å². The van der Waals surface area contributed by atoms with E-state index in [0.29, 0.717) is 6.42 Å². The van der Waals surface area contributed by atoms with Crippen LogP contribution in [0.3, 0.4) is 0 Å². The van der Waals surface area contributed by atoms with Crippen molar-refractivity contribution < 1.29 is 35.9 Å². The first-order valence-electron chi connectivity index (χ1n) is 8.01. The first-order chi connectivity index (χ1) is 10.8. The summed E-state index contributed by atoms with van der Waals surface area (Å²) in [7, 11) is 0. The fourth-order valence-electron chi connectivity index (χ4n) is 2.32. The zero-order valence-corrected chi connectivity index (χ0v) is 18.7. The maximum Gasteiger partial charge on any atom is 2.00 e. The van der Waals surface area contributed by atoms with Gasteiger partial charge in [0.25, 0.3) is 0 Å². The molecule has 0 aromatic carbocycles. The topological polar surface area (TPSA) is 69.9 Å². The summed E-state index contributed by atoms with van der Waals surface area (Å²) in [4.78, 5) is 12.1. The molecule has 2 rings (SSSR count). The summed E-state index contributed by atoms with van der Waals surface area (Å²) in [5, 5.41) is 8.56. The maximum absolute atomic E-state index is 9.80. The molecule has 1 saturated heterocycles. The van der Waals surface area contributed by atoms with Gasteiger partial charge in [0, 0.05) is 30.7 Å². The molecule has 1 aliphatic heterocycles. The molecule has 1 aromatic rings. The molecule has 0 spiro atoms. The minimum Gasteiger partial charge on any atom is -0.542 e. The van der Waals surface area contributed by atoms with Gasteiger partial charge in [0.1, 0.15) is 0 Å². The number of aromatic nitrogens is 2. The van der Waals surface area contributed by atoms with Gasteiger partial charge in [-0.1, -0.05) is 19.8 Å². The van der Waals surface area contributed by atoms with Crippen molar-refractivity contribution in [2.75, 3.05) is 18.0 Å². The van der Waals surface area contributed by atoms with Crippen LogP contribution in [0.1, 0.15) is 58.3 Å². The Bertz CT molecular complexity index is 430. The van der Waals surface area contributed by atoms with Crippen LogP contribution < -0.4 is 4.90 Å². The van der Waals surface area contributed by atoms with E-state index in [1.807, 2.05) is 13.2 Å². The molecule has 1 fully saturated rings. The average Bonchev–Trinajstić information content (AvgIpc) is 3.11. The molecule has 23 heavy (non-hydrogen) atoms. The monoisotopic (exact) mass is 558 g/mol. The Kier molecular flexibility index (Phi) is 14.8. The Hall–Kier alpha value is -0.428. The van der Waals surface area contributed by atoms with E-state index in [1.165, 1.54) is 31.0 Å². The molecule has 124 valence electrons. The fourth-order valence-corrected chi connectivity index (χ4v) is 2.72. The number of carbonyl (C=O) groups excluding carboxylic acids is 1. The molecule has 1 aromatic heterocycles. The predicted molar refractivity (Wildman–Crippen MR) is 88.4 cm³/mol. The van der Waals surface area contributed by atoms with Crippen molar-refractivity contribution in [1.29, 1.82) is 5.26 Å². The zero-order chi connectivity index (χ0) is 16.0. The third-order valence-electron chi connectivity index (χ3n) is 3.73. The molecule has 1 aliphatic rings. The molecule has 0 amide bonds. The molecule has 7 heteroatoms. The van der Waals surface area contributed by atoms with E-state index in [4.69, 9.17) is 5.26 Å². The summed E-state index contributed by atoms with van der Waals surface area (Å²) in [6.45, 7) is 4.27. The van der Waals surface area contributed by atoms with Gasteiger partial charge in [0.2, 0.25) is 0 Å². The number of hydrogen-bond donors (Lipinski definition) is 0. The molecule has 5 nitrogen and oxygen atoms in total. The fraction of sp³-hybridized carbons (Fsp3) is 0.750. The number of unbranched alkanes of at least 4 members (excludes halogenated alkanes) is 2. The molecule has 0 N–H and O–H groups in total. The van der Waals surface area contributed by atoms with Gasteiger partial charge in [-0.3, -0.25) is 6.29 Å². The molecule has 0 bridgehead atoms. The van der Waals surface area contributed by atoms with Crippen LogP contribution in [0.4, 0.5) is 5.82 Å². The van der Waals surface area contributed by atoms with Gasteiger partial charge in [-0.05, 0) is 37.9 Å². The van der Waals surface area contributed by atoms with Crippen molar-refractivity contribution in [3.63, 3.8) is 0 Å². The summed E-state index contributed by atoms with van der Waals surface area (Å²) in [6, 6.07) is 2.23. The molecule has 0 aliphatic carbocycles. The summed E-state index contributed by atoms with van der Waals surface area (Å²) in [5.74, 6) is 1.12. The molecular weight excluding hydrogens is 534 g/mol. The predicted octanol–water partition coefficient (Wildman–Crippen LogP) is 3.53. The van der Waals surface area contributed by atoms with Crippen LogP contribution in [0.15, 0.2) is 0 Å². The van der Waals surface area contributed by atoms with Crippen molar-refractivity contribution in [2.24, 2.45) is 5.92 Å². The van der Waals surface area contributed by atoms with E-state index in [2.05, 4.69) is 25.9 Å². The zero-order valence-electron chi connectivity index (χ0n) is 13.8. The normalized spacial score (nSPS) is 14.7. The van der Waals surface area contributed by atoms with E-state index in [9.17, 15) is 4.79 Å². The third kappa shape index (κ3) is 10.1. The second-order valence-electron chi connectivity index (χ2n) is 5.37. The van der Waals surface area contributed by atoms with Crippen LogP contribution in [0.2, 0.25) is 0 Å². The van der Waals surface area contributed by atoms with E-state index in [0.717, 1.165) is 44.6 Å². The summed E-state index contributed by atoms with van der Waals surface area (Å²) >= 11 is 1.24. The van der Waals surface area contributed by atoms with Gasteiger partial charge in [-0.2, -0.15) is 16.1 Å². The molecular formula is C16H24N4OSU. The van der Waals surface area contributed by atoms with Crippen molar-refractivity contribution in [3.05, 3.63) is 6.20 Å². The van der Waals surface area contributed by atoms with Crippen LogP contribution in [-0.4, -0.2) is 28.1 Å². The van der Waals surface area contributed by atoms with Crippen LogP contribution in [0.5, 0.6) is 0 Å². The molecule has 0 radical (unpaired) electrons. The number of piperidine rings is 1. The van der Waals surface area contributed by atoms with Gasteiger partial charge < -0.3 is 20.3 Å². The first kappa shape index (κ1) is 22.6. The number of nitrogens with zero attached hydrogens (tertiary/aromatic N) is 4. The molecule has 0 saturated carbocycles. The second kappa shape index (κ2) is 15.1. The van der Waals surface area contributed by atoms with E-state index >= 15 is 0 Å². The Labute approximate surface area is 167 Å². The van der Waals surface area contributed by atoms with Crippen LogP contribution >= 0.6 is 11.7 Å². The Morgan fingerprint density at radius 1 is 1.39 bits per heavy atom. The largest absolute Gasteiger partial charge is 2.00 e. The standard InChI is InChI=1S/C9H14NO.C7H10N3S.U/c1-2-9(8-10)6-4-3-5-7-11;1-2-4-10(5-3-1)7-6-8-11-9-7;/h9H,2-6H2,1H3;1-5H2;/q2*-1;+2. The number of nitriles is 1.